The summed E-state index contributed by atoms with van der Waals surface area (Å²) in [6.07, 6.45) is 1.14. The first kappa shape index (κ1) is 20.1. The van der Waals surface area contributed by atoms with Gasteiger partial charge in [0.05, 0.1) is 0 Å². The second-order valence-electron chi connectivity index (χ2n) is 7.16. The Labute approximate surface area is 158 Å². The first-order chi connectivity index (χ1) is 12.7. The molecule has 2 N–H and O–H groups in total. The lowest BCUT2D eigenvalue weighted by atomic mass is 10.2. The lowest BCUT2D eigenvalue weighted by Gasteiger charge is -2.35. The molecule has 8 nitrogen and oxygen atoms in total. The van der Waals surface area contributed by atoms with Gasteiger partial charge in [-0.1, -0.05) is 0 Å². The topological polar surface area (TPSA) is 106 Å². The quantitative estimate of drug-likeness (QED) is 0.479. The van der Waals surface area contributed by atoms with E-state index >= 15 is 0 Å². The molecule has 0 saturated carbocycles. The van der Waals surface area contributed by atoms with Crippen LogP contribution in [0, 0.1) is 11.3 Å². The standard InChI is InChI=1S/C19H24N4O4/c1-19(2,3)27-18(26)23-10-8-22(9-11-23)13-14(12-20)17(25)21-15-4-6-16(24)7-5-15/h4-7,13,24H,8-11H2,1-3H3,(H,21,25)/b14-13-. The molecule has 0 unspecified atom stereocenters. The maximum atomic E-state index is 12.3. The van der Waals surface area contributed by atoms with Gasteiger partial charge in [-0.05, 0) is 45.0 Å². The fourth-order valence-electron chi connectivity index (χ4n) is 2.42. The maximum Gasteiger partial charge on any atom is 0.410 e. The Morgan fingerprint density at radius 2 is 1.78 bits per heavy atom. The van der Waals surface area contributed by atoms with Crippen molar-refractivity contribution < 1.29 is 19.4 Å². The number of anilines is 1. The summed E-state index contributed by atoms with van der Waals surface area (Å²) >= 11 is 0. The molecule has 1 heterocycles. The molecule has 27 heavy (non-hydrogen) atoms. The number of nitriles is 1. The van der Waals surface area contributed by atoms with Crippen molar-refractivity contribution in [2.75, 3.05) is 31.5 Å². The molecule has 1 aromatic rings. The molecule has 0 bridgehead atoms. The van der Waals surface area contributed by atoms with Gasteiger partial charge in [0.15, 0.2) is 0 Å². The molecule has 1 aliphatic rings. The van der Waals surface area contributed by atoms with Gasteiger partial charge in [-0.25, -0.2) is 4.79 Å². The van der Waals surface area contributed by atoms with Crippen molar-refractivity contribution in [1.29, 1.82) is 5.26 Å². The van der Waals surface area contributed by atoms with Crippen molar-refractivity contribution in [3.05, 3.63) is 36.0 Å². The minimum absolute atomic E-state index is 0.0335. The maximum absolute atomic E-state index is 12.3. The number of carbonyl (C=O) groups is 2. The molecule has 144 valence electrons. The zero-order valence-electron chi connectivity index (χ0n) is 15.7. The van der Waals surface area contributed by atoms with Crippen molar-refractivity contribution in [1.82, 2.24) is 9.80 Å². The average Bonchev–Trinajstić information content (AvgIpc) is 2.60. The highest BCUT2D eigenvalue weighted by Gasteiger charge is 2.25. The molecular formula is C19H24N4O4. The Bertz CT molecular complexity index is 751. The highest BCUT2D eigenvalue weighted by atomic mass is 16.6. The number of hydrogen-bond donors (Lipinski definition) is 2. The smallest absolute Gasteiger partial charge is 0.410 e. The molecule has 0 atom stereocenters. The Balaban J connectivity index is 1.93. The number of ether oxygens (including phenoxy) is 1. The summed E-state index contributed by atoms with van der Waals surface area (Å²) < 4.78 is 5.35. The van der Waals surface area contributed by atoms with Crippen LogP contribution in [0.1, 0.15) is 20.8 Å². The van der Waals surface area contributed by atoms with Crippen LogP contribution in [0.25, 0.3) is 0 Å². The fourth-order valence-corrected chi connectivity index (χ4v) is 2.42. The summed E-state index contributed by atoms with van der Waals surface area (Å²) in [4.78, 5) is 27.8. The van der Waals surface area contributed by atoms with E-state index in [9.17, 15) is 20.0 Å². The molecule has 0 spiro atoms. The van der Waals surface area contributed by atoms with E-state index in [4.69, 9.17) is 4.74 Å². The number of hydrogen-bond acceptors (Lipinski definition) is 6. The van der Waals surface area contributed by atoms with Crippen LogP contribution in [0.3, 0.4) is 0 Å². The molecule has 0 radical (unpaired) electrons. The Kier molecular flexibility index (Phi) is 6.29. The summed E-state index contributed by atoms with van der Waals surface area (Å²) in [6.45, 7) is 7.34. The summed E-state index contributed by atoms with van der Waals surface area (Å²) in [5, 5.41) is 21.2. The second kappa shape index (κ2) is 8.45. The van der Waals surface area contributed by atoms with Gasteiger partial charge in [0, 0.05) is 38.1 Å². The lowest BCUT2D eigenvalue weighted by Crippen LogP contribution is -2.48. The van der Waals surface area contributed by atoms with Crippen LogP contribution in [0.4, 0.5) is 10.5 Å². The normalized spacial score (nSPS) is 15.1. The molecule has 2 amide bonds. The van der Waals surface area contributed by atoms with E-state index in [0.717, 1.165) is 0 Å². The zero-order chi connectivity index (χ0) is 20.0. The van der Waals surface area contributed by atoms with E-state index in [-0.39, 0.29) is 17.4 Å². The Morgan fingerprint density at radius 3 is 2.30 bits per heavy atom. The summed E-state index contributed by atoms with van der Waals surface area (Å²) in [6, 6.07) is 7.88. The first-order valence-electron chi connectivity index (χ1n) is 8.62. The number of phenolic OH excluding ortho intramolecular Hbond substituents is 1. The highest BCUT2D eigenvalue weighted by molar-refractivity contribution is 6.06. The largest absolute Gasteiger partial charge is 0.508 e. The molecule has 1 fully saturated rings. The number of amides is 2. The highest BCUT2D eigenvalue weighted by Crippen LogP contribution is 2.15. The molecule has 0 aliphatic carbocycles. The van der Waals surface area contributed by atoms with E-state index in [1.165, 1.54) is 18.3 Å². The Hall–Kier alpha value is -3.21. The van der Waals surface area contributed by atoms with Gasteiger partial charge in [0.2, 0.25) is 0 Å². The SMILES string of the molecule is CC(C)(C)OC(=O)N1CCN(/C=C(/C#N)C(=O)Nc2ccc(O)cc2)CC1. The third-order valence-electron chi connectivity index (χ3n) is 3.77. The molecule has 8 heteroatoms. The van der Waals surface area contributed by atoms with Gasteiger partial charge < -0.3 is 25.0 Å². The van der Waals surface area contributed by atoms with Crippen LogP contribution in [0.5, 0.6) is 5.75 Å². The lowest BCUT2D eigenvalue weighted by molar-refractivity contribution is -0.112. The van der Waals surface area contributed by atoms with Crippen molar-refractivity contribution in [3.8, 4) is 11.8 Å². The number of phenols is 1. The van der Waals surface area contributed by atoms with Crippen LogP contribution >= 0.6 is 0 Å². The molecule has 1 saturated heterocycles. The zero-order valence-corrected chi connectivity index (χ0v) is 15.7. The van der Waals surface area contributed by atoms with Crippen LogP contribution < -0.4 is 5.32 Å². The van der Waals surface area contributed by atoms with Crippen LogP contribution in [-0.4, -0.2) is 58.7 Å². The summed E-state index contributed by atoms with van der Waals surface area (Å²) in [5.74, 6) is -0.440. The van der Waals surface area contributed by atoms with E-state index in [1.54, 1.807) is 17.0 Å². The van der Waals surface area contributed by atoms with Crippen molar-refractivity contribution in [3.63, 3.8) is 0 Å². The van der Waals surface area contributed by atoms with Crippen molar-refractivity contribution in [2.45, 2.75) is 26.4 Å². The third kappa shape index (κ3) is 6.22. The van der Waals surface area contributed by atoms with E-state index in [2.05, 4.69) is 5.32 Å². The van der Waals surface area contributed by atoms with Crippen molar-refractivity contribution in [2.24, 2.45) is 0 Å². The molecule has 1 aromatic carbocycles. The number of piperazine rings is 1. The van der Waals surface area contributed by atoms with E-state index in [1.807, 2.05) is 31.7 Å². The van der Waals surface area contributed by atoms with Crippen LogP contribution in [0.2, 0.25) is 0 Å². The predicted octanol–water partition coefficient (Wildman–Crippen LogP) is 2.29. The summed E-state index contributed by atoms with van der Waals surface area (Å²) in [7, 11) is 0. The number of carbonyl (C=O) groups excluding carboxylic acids is 2. The van der Waals surface area contributed by atoms with Gasteiger partial charge in [-0.3, -0.25) is 4.79 Å². The number of nitrogens with zero attached hydrogens (tertiary/aromatic N) is 3. The average molecular weight is 372 g/mol. The van der Waals surface area contributed by atoms with Crippen LogP contribution in [0.15, 0.2) is 36.0 Å². The Morgan fingerprint density at radius 1 is 1.19 bits per heavy atom. The summed E-state index contributed by atoms with van der Waals surface area (Å²) in [5.41, 5.74) is -0.100. The van der Waals surface area contributed by atoms with Gasteiger partial charge in [-0.15, -0.1) is 0 Å². The number of aromatic hydroxyl groups is 1. The number of benzene rings is 1. The second-order valence-corrected chi connectivity index (χ2v) is 7.16. The minimum atomic E-state index is -0.547. The van der Waals surface area contributed by atoms with Crippen molar-refractivity contribution >= 4 is 17.7 Å². The molecular weight excluding hydrogens is 348 g/mol. The molecule has 0 aromatic heterocycles. The molecule has 1 aliphatic heterocycles. The van der Waals surface area contributed by atoms with Gasteiger partial charge in [0.1, 0.15) is 23.0 Å². The van der Waals surface area contributed by atoms with Crippen LogP contribution in [-0.2, 0) is 9.53 Å². The third-order valence-corrected chi connectivity index (χ3v) is 3.77. The fraction of sp³-hybridized carbons (Fsp3) is 0.421. The van der Waals surface area contributed by atoms with Gasteiger partial charge >= 0.3 is 6.09 Å². The van der Waals surface area contributed by atoms with E-state index < -0.39 is 11.5 Å². The molecule has 2 rings (SSSR count). The number of rotatable bonds is 3. The van der Waals surface area contributed by atoms with E-state index in [0.29, 0.717) is 31.9 Å². The predicted molar refractivity (Wildman–Crippen MR) is 99.8 cm³/mol. The first-order valence-corrected chi connectivity index (χ1v) is 8.62. The minimum Gasteiger partial charge on any atom is -0.508 e. The van der Waals surface area contributed by atoms with Gasteiger partial charge in [-0.2, -0.15) is 5.26 Å². The monoisotopic (exact) mass is 372 g/mol. The van der Waals surface area contributed by atoms with Gasteiger partial charge in [0.25, 0.3) is 5.91 Å². The number of nitrogens with one attached hydrogen (secondary N) is 1.